The molecule has 4 heteroatoms. The largest absolute Gasteiger partial charge is 0.370 e. The summed E-state index contributed by atoms with van der Waals surface area (Å²) in [5.41, 5.74) is 3.56. The molecule has 0 amide bonds. The van der Waals surface area contributed by atoms with Gasteiger partial charge < -0.3 is 5.32 Å². The van der Waals surface area contributed by atoms with E-state index in [1.165, 1.54) is 24.1 Å². The lowest BCUT2D eigenvalue weighted by molar-refractivity contribution is 0.753. The number of nitrogens with zero attached hydrogens (tertiary/aromatic N) is 2. The Hall–Kier alpha value is -1.48. The highest BCUT2D eigenvalue weighted by molar-refractivity contribution is 6.32. The van der Waals surface area contributed by atoms with Crippen molar-refractivity contribution in [3.05, 3.63) is 40.5 Å². The molecule has 1 aliphatic heterocycles. The van der Waals surface area contributed by atoms with Crippen molar-refractivity contribution in [1.29, 1.82) is 0 Å². The first-order chi connectivity index (χ1) is 9.81. The first-order valence-corrected chi connectivity index (χ1v) is 7.78. The van der Waals surface area contributed by atoms with E-state index >= 15 is 0 Å². The van der Waals surface area contributed by atoms with Crippen LogP contribution < -0.4 is 5.32 Å². The van der Waals surface area contributed by atoms with Gasteiger partial charge in [0.25, 0.3) is 0 Å². The average Bonchev–Trinajstić information content (AvgIpc) is 2.64. The van der Waals surface area contributed by atoms with Gasteiger partial charge in [-0.25, -0.2) is 4.68 Å². The van der Waals surface area contributed by atoms with E-state index in [0.717, 1.165) is 42.3 Å². The van der Waals surface area contributed by atoms with Crippen molar-refractivity contribution in [2.45, 2.75) is 39.0 Å². The van der Waals surface area contributed by atoms with Gasteiger partial charge >= 0.3 is 0 Å². The second-order valence-electron chi connectivity index (χ2n) is 5.27. The molecule has 0 aliphatic carbocycles. The number of benzene rings is 1. The van der Waals surface area contributed by atoms with Gasteiger partial charge in [-0.3, -0.25) is 0 Å². The average molecular weight is 290 g/mol. The first-order valence-electron chi connectivity index (χ1n) is 7.40. The number of aromatic nitrogens is 2. The van der Waals surface area contributed by atoms with Crippen molar-refractivity contribution in [3.63, 3.8) is 0 Å². The summed E-state index contributed by atoms with van der Waals surface area (Å²) in [6.45, 7) is 3.21. The summed E-state index contributed by atoms with van der Waals surface area (Å²) >= 11 is 6.34. The van der Waals surface area contributed by atoms with Crippen molar-refractivity contribution < 1.29 is 0 Å². The molecule has 3 rings (SSSR count). The molecule has 1 aromatic carbocycles. The van der Waals surface area contributed by atoms with Crippen LogP contribution in [0.3, 0.4) is 0 Å². The maximum Gasteiger partial charge on any atom is 0.133 e. The van der Waals surface area contributed by atoms with E-state index in [4.69, 9.17) is 16.7 Å². The van der Waals surface area contributed by atoms with E-state index in [0.29, 0.717) is 0 Å². The van der Waals surface area contributed by atoms with Gasteiger partial charge in [0.15, 0.2) is 0 Å². The third-order valence-electron chi connectivity index (χ3n) is 3.78. The molecule has 3 nitrogen and oxygen atoms in total. The van der Waals surface area contributed by atoms with Crippen LogP contribution in [0.5, 0.6) is 0 Å². The molecule has 0 spiro atoms. The number of para-hydroxylation sites is 1. The number of nitrogens with one attached hydrogen (secondary N) is 1. The highest BCUT2D eigenvalue weighted by Gasteiger charge is 2.20. The minimum atomic E-state index is 0.742. The molecule has 20 heavy (non-hydrogen) atoms. The maximum atomic E-state index is 6.34. The van der Waals surface area contributed by atoms with Gasteiger partial charge in [0, 0.05) is 12.1 Å². The number of hydrogen-bond acceptors (Lipinski definition) is 2. The molecular formula is C16H20ClN3. The van der Waals surface area contributed by atoms with Gasteiger partial charge in [0.1, 0.15) is 5.82 Å². The van der Waals surface area contributed by atoms with E-state index in [1.54, 1.807) is 0 Å². The third kappa shape index (κ3) is 2.42. The Balaban J connectivity index is 2.13. The maximum absolute atomic E-state index is 6.34. The van der Waals surface area contributed by atoms with Crippen LogP contribution in [-0.2, 0) is 12.8 Å². The molecule has 2 heterocycles. The highest BCUT2D eigenvalue weighted by Crippen LogP contribution is 2.31. The van der Waals surface area contributed by atoms with E-state index in [-0.39, 0.29) is 0 Å². The van der Waals surface area contributed by atoms with E-state index in [2.05, 4.69) is 12.2 Å². The van der Waals surface area contributed by atoms with Gasteiger partial charge in [-0.15, -0.1) is 0 Å². The second-order valence-corrected chi connectivity index (χ2v) is 5.68. The van der Waals surface area contributed by atoms with E-state index in [9.17, 15) is 0 Å². The Kier molecular flexibility index (Phi) is 3.97. The molecule has 1 aromatic heterocycles. The fourth-order valence-corrected chi connectivity index (χ4v) is 3.02. The molecule has 0 saturated carbocycles. The number of halogens is 1. The minimum absolute atomic E-state index is 0.742. The van der Waals surface area contributed by atoms with Gasteiger partial charge in [0.2, 0.25) is 0 Å². The van der Waals surface area contributed by atoms with Crippen LogP contribution in [-0.4, -0.2) is 16.3 Å². The summed E-state index contributed by atoms with van der Waals surface area (Å²) in [6.07, 6.45) is 5.70. The Morgan fingerprint density at radius 1 is 1.30 bits per heavy atom. The molecule has 0 bridgehead atoms. The Bertz CT molecular complexity index is 604. The summed E-state index contributed by atoms with van der Waals surface area (Å²) in [5.74, 6) is 1.14. The minimum Gasteiger partial charge on any atom is -0.370 e. The van der Waals surface area contributed by atoms with Gasteiger partial charge in [-0.1, -0.05) is 37.1 Å². The van der Waals surface area contributed by atoms with Crippen LogP contribution in [0.15, 0.2) is 24.3 Å². The topological polar surface area (TPSA) is 29.9 Å². The van der Waals surface area contributed by atoms with E-state index in [1.807, 2.05) is 28.9 Å². The molecule has 1 aliphatic rings. The predicted molar refractivity (Wildman–Crippen MR) is 84.0 cm³/mol. The van der Waals surface area contributed by atoms with Crippen LogP contribution in [0.1, 0.15) is 37.4 Å². The van der Waals surface area contributed by atoms with Crippen LogP contribution in [0, 0.1) is 0 Å². The molecule has 0 fully saturated rings. The second kappa shape index (κ2) is 5.88. The number of anilines is 1. The van der Waals surface area contributed by atoms with Gasteiger partial charge in [0.05, 0.1) is 16.4 Å². The van der Waals surface area contributed by atoms with E-state index < -0.39 is 0 Å². The summed E-state index contributed by atoms with van der Waals surface area (Å²) in [5, 5.41) is 9.11. The van der Waals surface area contributed by atoms with Crippen molar-refractivity contribution in [2.75, 3.05) is 11.9 Å². The Labute approximate surface area is 124 Å². The molecule has 0 atom stereocenters. The Morgan fingerprint density at radius 2 is 2.15 bits per heavy atom. The zero-order valence-corrected chi connectivity index (χ0v) is 12.6. The van der Waals surface area contributed by atoms with Gasteiger partial charge in [-0.05, 0) is 37.8 Å². The number of aryl methyl sites for hydroxylation is 1. The van der Waals surface area contributed by atoms with Crippen LogP contribution >= 0.6 is 11.6 Å². The lowest BCUT2D eigenvalue weighted by atomic mass is 10.1. The molecule has 106 valence electrons. The summed E-state index contributed by atoms with van der Waals surface area (Å²) < 4.78 is 1.99. The molecular weight excluding hydrogens is 270 g/mol. The molecule has 1 N–H and O–H groups in total. The highest BCUT2D eigenvalue weighted by atomic mass is 35.5. The normalized spacial score (nSPS) is 14.5. The standard InChI is InChI=1S/C16H20ClN3/c1-2-7-14-12-8-5-6-11-18-16(12)20(19-14)15-10-4-3-9-13(15)17/h3-4,9-10,18H,2,5-8,11H2,1H3. The lowest BCUT2D eigenvalue weighted by Gasteiger charge is -2.10. The summed E-state index contributed by atoms with van der Waals surface area (Å²) in [6, 6.07) is 7.90. The molecule has 0 radical (unpaired) electrons. The lowest BCUT2D eigenvalue weighted by Crippen LogP contribution is -2.07. The predicted octanol–water partition coefficient (Wildman–Crippen LogP) is 4.23. The summed E-state index contributed by atoms with van der Waals surface area (Å²) in [7, 11) is 0. The number of rotatable bonds is 3. The fraction of sp³-hybridized carbons (Fsp3) is 0.438. The van der Waals surface area contributed by atoms with Crippen molar-refractivity contribution >= 4 is 17.4 Å². The quantitative estimate of drug-likeness (QED) is 0.916. The zero-order chi connectivity index (χ0) is 13.9. The first kappa shape index (κ1) is 13.5. The molecule has 0 unspecified atom stereocenters. The smallest absolute Gasteiger partial charge is 0.133 e. The Morgan fingerprint density at radius 3 is 2.95 bits per heavy atom. The van der Waals surface area contributed by atoms with Crippen molar-refractivity contribution in [3.8, 4) is 5.69 Å². The number of fused-ring (bicyclic) bond motifs is 1. The molecule has 2 aromatic rings. The van der Waals surface area contributed by atoms with Crippen molar-refractivity contribution in [1.82, 2.24) is 9.78 Å². The molecule has 0 saturated heterocycles. The summed E-state index contributed by atoms with van der Waals surface area (Å²) in [4.78, 5) is 0. The van der Waals surface area contributed by atoms with Gasteiger partial charge in [-0.2, -0.15) is 5.10 Å². The van der Waals surface area contributed by atoms with Crippen LogP contribution in [0.4, 0.5) is 5.82 Å². The van der Waals surface area contributed by atoms with Crippen LogP contribution in [0.25, 0.3) is 5.69 Å². The SMILES string of the molecule is CCCc1nn(-c2ccccc2Cl)c2c1CCCCN2. The fourth-order valence-electron chi connectivity index (χ4n) is 2.81. The third-order valence-corrected chi connectivity index (χ3v) is 4.10. The van der Waals surface area contributed by atoms with Crippen LogP contribution in [0.2, 0.25) is 5.02 Å². The zero-order valence-electron chi connectivity index (χ0n) is 11.8. The monoisotopic (exact) mass is 289 g/mol. The van der Waals surface area contributed by atoms with Crippen molar-refractivity contribution in [2.24, 2.45) is 0 Å². The number of hydrogen-bond donors (Lipinski definition) is 1.